The maximum atomic E-state index is 13.5. The van der Waals surface area contributed by atoms with Crippen molar-refractivity contribution >= 4 is 21.7 Å². The van der Waals surface area contributed by atoms with Crippen LogP contribution in [0, 0.1) is 18.3 Å². The summed E-state index contributed by atoms with van der Waals surface area (Å²) in [5.41, 5.74) is -1.64. The zero-order chi connectivity index (χ0) is 30.8. The second-order valence-corrected chi connectivity index (χ2v) is 14.1. The number of aryl methyl sites for hydroxylation is 2. The summed E-state index contributed by atoms with van der Waals surface area (Å²) in [7, 11) is -4.21. The molecule has 1 saturated heterocycles. The quantitative estimate of drug-likeness (QED) is 0.445. The molecule has 3 aromatic rings. The number of rotatable bonds is 5. The molecule has 0 radical (unpaired) electrons. The van der Waals surface area contributed by atoms with Gasteiger partial charge in [0.05, 0.1) is 23.3 Å². The average molecular weight is 622 g/mol. The zero-order valence-electron chi connectivity index (χ0n) is 24.2. The van der Waals surface area contributed by atoms with E-state index in [0.29, 0.717) is 36.3 Å². The topological polar surface area (TPSA) is 124 Å². The first-order chi connectivity index (χ1) is 20.2. The van der Waals surface area contributed by atoms with Crippen molar-refractivity contribution in [2.45, 2.75) is 82.5 Å². The first-order valence-corrected chi connectivity index (χ1v) is 15.8. The van der Waals surface area contributed by atoms with Gasteiger partial charge in [-0.3, -0.25) is 9.48 Å². The van der Waals surface area contributed by atoms with Gasteiger partial charge in [0, 0.05) is 37.1 Å². The maximum absolute atomic E-state index is 13.5. The number of sulfonamides is 1. The number of pyridine rings is 1. The molecule has 0 spiro atoms. The van der Waals surface area contributed by atoms with Gasteiger partial charge < -0.3 is 9.64 Å². The number of halogens is 3. The van der Waals surface area contributed by atoms with Crippen LogP contribution in [0.2, 0.25) is 0 Å². The van der Waals surface area contributed by atoms with Gasteiger partial charge in [0.1, 0.15) is 10.7 Å². The minimum atomic E-state index is -4.25. The van der Waals surface area contributed by atoms with E-state index in [2.05, 4.69) is 28.8 Å². The lowest BCUT2D eigenvalue weighted by atomic mass is 9.93. The highest BCUT2D eigenvalue weighted by Gasteiger charge is 2.62. The Morgan fingerprint density at radius 3 is 2.65 bits per heavy atom. The van der Waals surface area contributed by atoms with Crippen molar-refractivity contribution in [3.63, 3.8) is 0 Å². The highest BCUT2D eigenvalue weighted by molar-refractivity contribution is 7.90. The van der Waals surface area contributed by atoms with E-state index in [4.69, 9.17) is 9.72 Å². The molecule has 5 heterocycles. The Balaban J connectivity index is 1.31. The number of hydrogen-bond acceptors (Lipinski definition) is 8. The first kappa shape index (κ1) is 29.5. The van der Waals surface area contributed by atoms with E-state index in [1.807, 2.05) is 4.90 Å². The third-order valence-corrected chi connectivity index (χ3v) is 10.3. The first-order valence-electron chi connectivity index (χ1n) is 14.3. The number of alkyl halides is 3. The van der Waals surface area contributed by atoms with Crippen LogP contribution in [0.4, 0.5) is 19.0 Å². The Morgan fingerprint density at radius 2 is 1.93 bits per heavy atom. The van der Waals surface area contributed by atoms with Crippen LogP contribution in [0.25, 0.3) is 5.82 Å². The smallest absolute Gasteiger partial charge is 0.394 e. The summed E-state index contributed by atoms with van der Waals surface area (Å²) in [6.07, 6.45) is 1.41. The molecule has 6 rings (SSSR count). The number of nitrogens with one attached hydrogen (secondary N) is 1. The van der Waals surface area contributed by atoms with Crippen LogP contribution in [0.1, 0.15) is 68.4 Å². The normalized spacial score (nSPS) is 22.4. The average Bonchev–Trinajstić information content (AvgIpc) is 3.25. The minimum absolute atomic E-state index is 0.0560. The molecule has 1 amide bonds. The Morgan fingerprint density at radius 1 is 1.16 bits per heavy atom. The highest BCUT2D eigenvalue weighted by Crippen LogP contribution is 2.59. The lowest BCUT2D eigenvalue weighted by Gasteiger charge is -2.34. The van der Waals surface area contributed by atoms with Crippen molar-refractivity contribution in [2.75, 3.05) is 18.1 Å². The van der Waals surface area contributed by atoms with E-state index < -0.39 is 27.5 Å². The summed E-state index contributed by atoms with van der Waals surface area (Å²) in [6, 6.07) is 4.59. The number of aromatic nitrogens is 5. The molecule has 2 fully saturated rings. The Labute approximate surface area is 247 Å². The molecular weight excluding hydrogens is 587 g/mol. The summed E-state index contributed by atoms with van der Waals surface area (Å²) in [6.45, 7) is 6.77. The van der Waals surface area contributed by atoms with Gasteiger partial charge in [-0.25, -0.2) is 22.8 Å². The molecule has 3 aromatic heterocycles. The van der Waals surface area contributed by atoms with Crippen LogP contribution in [-0.2, 0) is 16.6 Å². The predicted molar refractivity (Wildman–Crippen MR) is 150 cm³/mol. The van der Waals surface area contributed by atoms with E-state index in [-0.39, 0.29) is 47.7 Å². The zero-order valence-corrected chi connectivity index (χ0v) is 25.0. The molecule has 0 aromatic carbocycles. The highest BCUT2D eigenvalue weighted by atomic mass is 32.2. The van der Waals surface area contributed by atoms with Gasteiger partial charge in [-0.2, -0.15) is 18.3 Å². The third-order valence-electron chi connectivity index (χ3n) is 8.82. The number of carbonyl (C=O) groups excluding carboxylic acids is 1. The molecule has 11 nitrogen and oxygen atoms in total. The fourth-order valence-electron chi connectivity index (χ4n) is 6.24. The van der Waals surface area contributed by atoms with Crippen LogP contribution in [0.3, 0.4) is 0 Å². The van der Waals surface area contributed by atoms with E-state index in [1.165, 1.54) is 23.0 Å². The molecule has 2 aliphatic heterocycles. The van der Waals surface area contributed by atoms with Gasteiger partial charge in [-0.15, -0.1) is 5.10 Å². The van der Waals surface area contributed by atoms with Gasteiger partial charge >= 0.3 is 6.18 Å². The number of fused-ring (bicyclic) bond motifs is 6. The molecule has 4 bridgehead atoms. The molecule has 15 heteroatoms. The van der Waals surface area contributed by atoms with Crippen molar-refractivity contribution in [1.82, 2.24) is 29.3 Å². The second-order valence-electron chi connectivity index (χ2n) is 12.4. The Kier molecular flexibility index (Phi) is 7.01. The molecular formula is C28H34F3N7O4S. The molecule has 3 aliphatic rings. The fraction of sp³-hybridized carbons (Fsp3) is 0.571. The number of amides is 1. The minimum Gasteiger partial charge on any atom is -0.477 e. The number of hydrogen-bond donors (Lipinski definition) is 1. The molecule has 1 unspecified atom stereocenters. The van der Waals surface area contributed by atoms with Crippen molar-refractivity contribution < 1.29 is 31.1 Å². The maximum Gasteiger partial charge on any atom is 0.394 e. The largest absolute Gasteiger partial charge is 0.477 e. The lowest BCUT2D eigenvalue weighted by molar-refractivity contribution is -0.190. The monoisotopic (exact) mass is 621 g/mol. The van der Waals surface area contributed by atoms with E-state index in [0.717, 1.165) is 19.3 Å². The van der Waals surface area contributed by atoms with Gasteiger partial charge in [0.2, 0.25) is 5.88 Å². The Hall–Kier alpha value is -3.62. The van der Waals surface area contributed by atoms with Crippen LogP contribution < -0.4 is 14.4 Å². The summed E-state index contributed by atoms with van der Waals surface area (Å²) in [4.78, 5) is 20.3. The third kappa shape index (κ3) is 5.58. The molecule has 1 saturated carbocycles. The number of ether oxygens (including phenoxy) is 1. The van der Waals surface area contributed by atoms with Crippen molar-refractivity contribution in [3.05, 3.63) is 41.9 Å². The van der Waals surface area contributed by atoms with Gasteiger partial charge in [0.25, 0.3) is 15.9 Å². The van der Waals surface area contributed by atoms with Crippen LogP contribution >= 0.6 is 0 Å². The van der Waals surface area contributed by atoms with E-state index in [1.54, 1.807) is 23.9 Å². The van der Waals surface area contributed by atoms with Crippen molar-refractivity contribution in [1.29, 1.82) is 0 Å². The standard InChI is InChI=1S/C28H34F3N7O4S/c1-18-21-17-36(33-18)12-4-5-19-15-26(2,3)37(16-19)24-20(25(39)35-43(21,40)41)6-7-22(32-24)38-13-8-23(34-38)42-14-11-27(9-10-27)28(29,30)31/h6-8,13,17,19H,4-5,9-12,14-16H2,1-3H3,(H,35,39). The number of carbonyl (C=O) groups is 1. The van der Waals surface area contributed by atoms with E-state index >= 15 is 0 Å². The molecule has 43 heavy (non-hydrogen) atoms. The van der Waals surface area contributed by atoms with Crippen molar-refractivity contribution in [2.24, 2.45) is 11.3 Å². The van der Waals surface area contributed by atoms with Crippen LogP contribution in [0.15, 0.2) is 35.5 Å². The van der Waals surface area contributed by atoms with Gasteiger partial charge in [0.15, 0.2) is 5.82 Å². The van der Waals surface area contributed by atoms with Crippen LogP contribution in [-0.4, -0.2) is 63.7 Å². The Bertz CT molecular complexity index is 1660. The lowest BCUT2D eigenvalue weighted by Crippen LogP contribution is -2.41. The summed E-state index contributed by atoms with van der Waals surface area (Å²) >= 11 is 0. The molecule has 232 valence electrons. The van der Waals surface area contributed by atoms with Crippen molar-refractivity contribution in [3.8, 4) is 11.7 Å². The fourth-order valence-corrected chi connectivity index (χ4v) is 7.40. The molecule has 1 N–H and O–H groups in total. The number of anilines is 1. The SMILES string of the molecule is Cc1nn2cc1S(=O)(=O)NC(=O)c1ccc(-n3ccc(OCCC4(C(F)(F)F)CC4)n3)nc1N1CC(CCC2)CC1(C)C. The summed E-state index contributed by atoms with van der Waals surface area (Å²) in [5.74, 6) is 0.314. The van der Waals surface area contributed by atoms with Gasteiger partial charge in [-0.05, 0) is 77.3 Å². The van der Waals surface area contributed by atoms with Gasteiger partial charge in [-0.1, -0.05) is 0 Å². The van der Waals surface area contributed by atoms with E-state index in [9.17, 15) is 26.4 Å². The second kappa shape index (κ2) is 10.2. The number of nitrogens with zero attached hydrogens (tertiary/aromatic N) is 6. The summed E-state index contributed by atoms with van der Waals surface area (Å²) < 4.78 is 77.0. The summed E-state index contributed by atoms with van der Waals surface area (Å²) in [5, 5.41) is 8.68. The predicted octanol–water partition coefficient (Wildman–Crippen LogP) is 4.40. The molecule has 1 aliphatic carbocycles. The molecule has 1 atom stereocenters. The van der Waals surface area contributed by atoms with Crippen LogP contribution in [0.5, 0.6) is 5.88 Å².